The van der Waals surface area contributed by atoms with Gasteiger partial charge in [0.15, 0.2) is 0 Å². The van der Waals surface area contributed by atoms with Gasteiger partial charge in [0.1, 0.15) is 0 Å². The molecule has 108 valence electrons. The quantitative estimate of drug-likeness (QED) is 0.852. The predicted molar refractivity (Wildman–Crippen MR) is 82.3 cm³/mol. The normalized spacial score (nSPS) is 15.6. The zero-order valence-electron chi connectivity index (χ0n) is 13.2. The molecule has 2 nitrogen and oxygen atoms in total. The highest BCUT2D eigenvalue weighted by atomic mass is 16.3. The molecule has 0 fully saturated rings. The fraction of sp³-hybridized carbons (Fsp3) is 0.647. The minimum Gasteiger partial charge on any atom is -0.384 e. The Labute approximate surface area is 118 Å². The van der Waals surface area contributed by atoms with Crippen LogP contribution in [0.4, 0.5) is 0 Å². The molecule has 1 atom stereocenters. The minimum atomic E-state index is -0.830. The average Bonchev–Trinajstić information content (AvgIpc) is 2.26. The number of nitrogens with one attached hydrogen (secondary N) is 1. The van der Waals surface area contributed by atoms with Gasteiger partial charge < -0.3 is 10.4 Å². The lowest BCUT2D eigenvalue weighted by Gasteiger charge is -2.30. The van der Waals surface area contributed by atoms with Crippen molar-refractivity contribution in [2.24, 2.45) is 5.92 Å². The van der Waals surface area contributed by atoms with Gasteiger partial charge in [0.25, 0.3) is 0 Å². The monoisotopic (exact) mass is 263 g/mol. The van der Waals surface area contributed by atoms with Gasteiger partial charge >= 0.3 is 0 Å². The first kappa shape index (κ1) is 16.2. The third kappa shape index (κ3) is 5.75. The van der Waals surface area contributed by atoms with Crippen LogP contribution in [0.1, 0.15) is 52.7 Å². The largest absolute Gasteiger partial charge is 0.384 e. The van der Waals surface area contributed by atoms with Crippen molar-refractivity contribution in [3.8, 4) is 0 Å². The summed E-state index contributed by atoms with van der Waals surface area (Å²) >= 11 is 0. The van der Waals surface area contributed by atoms with Gasteiger partial charge in [-0.3, -0.25) is 0 Å². The van der Waals surface area contributed by atoms with Crippen LogP contribution in [0, 0.1) is 5.92 Å². The number of aliphatic hydroxyl groups is 1. The maximum absolute atomic E-state index is 10.6. The number of rotatable bonds is 5. The molecule has 1 aromatic carbocycles. The van der Waals surface area contributed by atoms with Crippen LogP contribution >= 0.6 is 0 Å². The summed E-state index contributed by atoms with van der Waals surface area (Å²) in [6, 6.07) is 8.34. The standard InChI is InChI=1S/C17H29NO/c1-13(2)11-14-7-9-15(10-8-14)17(6,19)12-18-16(3,4)5/h7-10,13,18-19H,11-12H2,1-6H3. The van der Waals surface area contributed by atoms with Crippen LogP contribution in [-0.2, 0) is 12.0 Å². The Morgan fingerprint density at radius 2 is 1.58 bits per heavy atom. The number of hydrogen-bond donors (Lipinski definition) is 2. The maximum atomic E-state index is 10.6. The van der Waals surface area contributed by atoms with E-state index in [1.165, 1.54) is 5.56 Å². The fourth-order valence-electron chi connectivity index (χ4n) is 2.01. The van der Waals surface area contributed by atoms with Crippen LogP contribution in [-0.4, -0.2) is 17.2 Å². The molecular formula is C17H29NO. The maximum Gasteiger partial charge on any atom is 0.0992 e. The summed E-state index contributed by atoms with van der Waals surface area (Å²) in [5.41, 5.74) is 1.49. The van der Waals surface area contributed by atoms with Crippen molar-refractivity contribution in [3.63, 3.8) is 0 Å². The Hall–Kier alpha value is -0.860. The molecule has 0 saturated heterocycles. The van der Waals surface area contributed by atoms with Crippen molar-refractivity contribution in [1.29, 1.82) is 0 Å². The van der Waals surface area contributed by atoms with Gasteiger partial charge in [0.05, 0.1) is 5.60 Å². The second-order valence-electron chi connectivity index (χ2n) is 7.17. The molecule has 0 bridgehead atoms. The second-order valence-corrected chi connectivity index (χ2v) is 7.17. The molecule has 0 aromatic heterocycles. The first-order chi connectivity index (χ1) is 8.60. The lowest BCUT2D eigenvalue weighted by molar-refractivity contribution is 0.0502. The van der Waals surface area contributed by atoms with Crippen LogP contribution in [0.2, 0.25) is 0 Å². The van der Waals surface area contributed by atoms with E-state index in [1.54, 1.807) is 0 Å². The van der Waals surface area contributed by atoms with Gasteiger partial charge in [-0.15, -0.1) is 0 Å². The molecule has 1 unspecified atom stereocenters. The Morgan fingerprint density at radius 3 is 2.00 bits per heavy atom. The lowest BCUT2D eigenvalue weighted by Crippen LogP contribution is -2.44. The van der Waals surface area contributed by atoms with Crippen molar-refractivity contribution in [3.05, 3.63) is 35.4 Å². The van der Waals surface area contributed by atoms with E-state index in [1.807, 2.05) is 19.1 Å². The number of hydrogen-bond acceptors (Lipinski definition) is 2. The summed E-state index contributed by atoms with van der Waals surface area (Å²) in [4.78, 5) is 0. The summed E-state index contributed by atoms with van der Waals surface area (Å²) < 4.78 is 0. The fourth-order valence-corrected chi connectivity index (χ4v) is 2.01. The Bertz CT molecular complexity index is 385. The molecule has 2 heteroatoms. The molecule has 0 radical (unpaired) electrons. The van der Waals surface area contributed by atoms with Crippen molar-refractivity contribution in [1.82, 2.24) is 5.32 Å². The van der Waals surface area contributed by atoms with E-state index >= 15 is 0 Å². The van der Waals surface area contributed by atoms with E-state index in [-0.39, 0.29) is 5.54 Å². The predicted octanol–water partition coefficient (Wildman–Crippen LogP) is 3.48. The number of β-amino-alcohol motifs (C(OH)–C–C–N with tert-alkyl or cyclic N) is 1. The van der Waals surface area contributed by atoms with Crippen LogP contribution in [0.5, 0.6) is 0 Å². The first-order valence-electron chi connectivity index (χ1n) is 7.17. The zero-order chi connectivity index (χ0) is 14.7. The van der Waals surface area contributed by atoms with E-state index < -0.39 is 5.60 Å². The third-order valence-electron chi connectivity index (χ3n) is 3.18. The van der Waals surface area contributed by atoms with Crippen molar-refractivity contribution in [2.45, 2.75) is 59.1 Å². The molecule has 0 amide bonds. The van der Waals surface area contributed by atoms with Crippen molar-refractivity contribution < 1.29 is 5.11 Å². The smallest absolute Gasteiger partial charge is 0.0992 e. The topological polar surface area (TPSA) is 32.3 Å². The molecule has 1 aromatic rings. The number of benzene rings is 1. The molecular weight excluding hydrogens is 234 g/mol. The van der Waals surface area contributed by atoms with Crippen molar-refractivity contribution >= 4 is 0 Å². The van der Waals surface area contributed by atoms with E-state index in [2.05, 4.69) is 52.1 Å². The van der Waals surface area contributed by atoms with Crippen LogP contribution in [0.3, 0.4) is 0 Å². The molecule has 0 aliphatic carbocycles. The Kier molecular flexibility index (Phi) is 5.17. The van der Waals surface area contributed by atoms with Crippen LogP contribution < -0.4 is 5.32 Å². The van der Waals surface area contributed by atoms with Gasteiger partial charge in [-0.1, -0.05) is 38.1 Å². The molecule has 0 saturated carbocycles. The van der Waals surface area contributed by atoms with E-state index in [4.69, 9.17) is 0 Å². The summed E-state index contributed by atoms with van der Waals surface area (Å²) in [7, 11) is 0. The van der Waals surface area contributed by atoms with E-state index in [9.17, 15) is 5.11 Å². The van der Waals surface area contributed by atoms with E-state index in [0.29, 0.717) is 12.5 Å². The Balaban J connectivity index is 2.73. The molecule has 1 rings (SSSR count). The van der Waals surface area contributed by atoms with Gasteiger partial charge in [-0.25, -0.2) is 0 Å². The minimum absolute atomic E-state index is 0.0154. The molecule has 0 aliphatic heterocycles. The molecule has 0 aliphatic rings. The SMILES string of the molecule is CC(C)Cc1ccc(C(C)(O)CNC(C)(C)C)cc1. The molecule has 19 heavy (non-hydrogen) atoms. The van der Waals surface area contributed by atoms with Gasteiger partial charge in [0, 0.05) is 12.1 Å². The lowest BCUT2D eigenvalue weighted by atomic mass is 9.92. The van der Waals surface area contributed by atoms with E-state index in [0.717, 1.165) is 12.0 Å². The van der Waals surface area contributed by atoms with Crippen LogP contribution in [0.15, 0.2) is 24.3 Å². The molecule has 2 N–H and O–H groups in total. The third-order valence-corrected chi connectivity index (χ3v) is 3.18. The average molecular weight is 263 g/mol. The van der Waals surface area contributed by atoms with Gasteiger partial charge in [-0.05, 0) is 51.2 Å². The summed E-state index contributed by atoms with van der Waals surface area (Å²) in [5, 5.41) is 13.9. The highest BCUT2D eigenvalue weighted by molar-refractivity contribution is 5.27. The second kappa shape index (κ2) is 6.06. The van der Waals surface area contributed by atoms with Gasteiger partial charge in [0.2, 0.25) is 0 Å². The highest BCUT2D eigenvalue weighted by Gasteiger charge is 2.24. The Morgan fingerprint density at radius 1 is 1.05 bits per heavy atom. The summed E-state index contributed by atoms with van der Waals surface area (Å²) in [6.45, 7) is 13.2. The summed E-state index contributed by atoms with van der Waals surface area (Å²) in [5.74, 6) is 0.661. The first-order valence-corrected chi connectivity index (χ1v) is 7.17. The zero-order valence-corrected chi connectivity index (χ0v) is 13.2. The summed E-state index contributed by atoms with van der Waals surface area (Å²) in [6.07, 6.45) is 1.09. The van der Waals surface area contributed by atoms with Crippen molar-refractivity contribution in [2.75, 3.05) is 6.54 Å². The highest BCUT2D eigenvalue weighted by Crippen LogP contribution is 2.22. The van der Waals surface area contributed by atoms with Crippen LogP contribution in [0.25, 0.3) is 0 Å². The van der Waals surface area contributed by atoms with Gasteiger partial charge in [-0.2, -0.15) is 0 Å². The molecule has 0 heterocycles. The molecule has 0 spiro atoms.